The molecular weight excluding hydrogens is 290 g/mol. The van der Waals surface area contributed by atoms with Gasteiger partial charge in [0.05, 0.1) is 17.0 Å². The lowest BCUT2D eigenvalue weighted by molar-refractivity contribution is -0.120. The van der Waals surface area contributed by atoms with Crippen LogP contribution in [-0.2, 0) is 4.79 Å². The fourth-order valence-corrected chi connectivity index (χ4v) is 2.63. The lowest BCUT2D eigenvalue weighted by Gasteiger charge is -2.08. The average Bonchev–Trinajstić information content (AvgIpc) is 3.16. The van der Waals surface area contributed by atoms with E-state index in [0.717, 1.165) is 6.42 Å². The highest BCUT2D eigenvalue weighted by Gasteiger charge is 2.43. The van der Waals surface area contributed by atoms with E-state index >= 15 is 0 Å². The molecule has 0 radical (unpaired) electrons. The number of aromatic amines is 1. The summed E-state index contributed by atoms with van der Waals surface area (Å²) in [7, 11) is 0. The molecule has 0 saturated heterocycles. The molecule has 0 spiro atoms. The molecule has 21 heavy (non-hydrogen) atoms. The summed E-state index contributed by atoms with van der Waals surface area (Å²) in [6.45, 7) is 1.97. The number of H-pyrrole nitrogens is 1. The van der Waals surface area contributed by atoms with E-state index in [-0.39, 0.29) is 23.1 Å². The standard InChI is InChI=1S/C15H12ClN3O2/c1-7-4-10(7)13(20)11(6-17)14-18-12-5-8(16)2-3-9(12)15(21)19-14/h2-3,5,7,10-11H,4H2,1H3,(H,18,19,21)/t7-,10+,11-/m1/s1. The fraction of sp³-hybridized carbons (Fsp3) is 0.333. The van der Waals surface area contributed by atoms with Crippen LogP contribution in [0.25, 0.3) is 10.9 Å². The zero-order valence-corrected chi connectivity index (χ0v) is 12.0. The van der Waals surface area contributed by atoms with Gasteiger partial charge in [0.1, 0.15) is 5.82 Å². The third-order valence-electron chi connectivity index (χ3n) is 3.85. The maximum Gasteiger partial charge on any atom is 0.258 e. The fourth-order valence-electron chi connectivity index (χ4n) is 2.46. The number of rotatable bonds is 3. The van der Waals surface area contributed by atoms with Crippen LogP contribution in [0.4, 0.5) is 0 Å². The number of aromatic nitrogens is 2. The Morgan fingerprint density at radius 1 is 1.57 bits per heavy atom. The first-order chi connectivity index (χ1) is 10.0. The summed E-state index contributed by atoms with van der Waals surface area (Å²) in [5.41, 5.74) is 0.0155. The van der Waals surface area contributed by atoms with Crippen molar-refractivity contribution in [1.29, 1.82) is 5.26 Å². The maximum absolute atomic E-state index is 12.3. The third kappa shape index (κ3) is 2.43. The number of carbonyl (C=O) groups is 1. The van der Waals surface area contributed by atoms with Crippen molar-refractivity contribution < 1.29 is 4.79 Å². The smallest absolute Gasteiger partial charge is 0.258 e. The van der Waals surface area contributed by atoms with E-state index in [1.165, 1.54) is 0 Å². The van der Waals surface area contributed by atoms with Gasteiger partial charge in [-0.25, -0.2) is 4.98 Å². The summed E-state index contributed by atoms with van der Waals surface area (Å²) in [5, 5.41) is 10.1. The lowest BCUT2D eigenvalue weighted by Crippen LogP contribution is -2.21. The van der Waals surface area contributed by atoms with E-state index in [9.17, 15) is 14.9 Å². The number of carbonyl (C=O) groups excluding carboxylic acids is 1. The molecule has 1 saturated carbocycles. The number of benzene rings is 1. The number of fused-ring (bicyclic) bond motifs is 1. The molecule has 1 aromatic heterocycles. The van der Waals surface area contributed by atoms with Crippen LogP contribution in [0.1, 0.15) is 25.1 Å². The van der Waals surface area contributed by atoms with Gasteiger partial charge in [-0.15, -0.1) is 0 Å². The zero-order valence-electron chi connectivity index (χ0n) is 11.3. The summed E-state index contributed by atoms with van der Waals surface area (Å²) in [4.78, 5) is 31.1. The van der Waals surface area contributed by atoms with Crippen molar-refractivity contribution in [1.82, 2.24) is 9.97 Å². The van der Waals surface area contributed by atoms with Crippen LogP contribution in [0.5, 0.6) is 0 Å². The molecule has 1 heterocycles. The minimum Gasteiger partial charge on any atom is -0.308 e. The van der Waals surface area contributed by atoms with Crippen molar-refractivity contribution in [3.05, 3.63) is 39.4 Å². The molecular formula is C15H12ClN3O2. The second-order valence-electron chi connectivity index (χ2n) is 5.40. The number of nitrogens with one attached hydrogen (secondary N) is 1. The second-order valence-corrected chi connectivity index (χ2v) is 5.83. The van der Waals surface area contributed by atoms with Crippen molar-refractivity contribution in [2.45, 2.75) is 19.3 Å². The van der Waals surface area contributed by atoms with Gasteiger partial charge in [-0.1, -0.05) is 18.5 Å². The molecule has 0 bridgehead atoms. The monoisotopic (exact) mass is 301 g/mol. The van der Waals surface area contributed by atoms with Crippen LogP contribution in [0, 0.1) is 23.2 Å². The van der Waals surface area contributed by atoms with Gasteiger partial charge in [-0.05, 0) is 30.5 Å². The molecule has 2 aromatic rings. The molecule has 0 amide bonds. The Morgan fingerprint density at radius 3 is 2.90 bits per heavy atom. The first kappa shape index (κ1) is 13.8. The molecule has 5 nitrogen and oxygen atoms in total. The third-order valence-corrected chi connectivity index (χ3v) is 4.08. The summed E-state index contributed by atoms with van der Waals surface area (Å²) < 4.78 is 0. The van der Waals surface area contributed by atoms with Gasteiger partial charge in [0, 0.05) is 10.9 Å². The van der Waals surface area contributed by atoms with E-state index in [1.807, 2.05) is 13.0 Å². The van der Waals surface area contributed by atoms with Crippen molar-refractivity contribution in [3.8, 4) is 6.07 Å². The Balaban J connectivity index is 2.09. The first-order valence-electron chi connectivity index (χ1n) is 6.64. The van der Waals surface area contributed by atoms with E-state index in [0.29, 0.717) is 21.8 Å². The number of nitrogens with zero attached hydrogens (tertiary/aromatic N) is 2. The molecule has 1 aromatic carbocycles. The van der Waals surface area contributed by atoms with Crippen molar-refractivity contribution in [2.24, 2.45) is 11.8 Å². The maximum atomic E-state index is 12.3. The Labute approximate surface area is 125 Å². The number of nitriles is 1. The van der Waals surface area contributed by atoms with E-state index in [1.54, 1.807) is 18.2 Å². The van der Waals surface area contributed by atoms with Crippen LogP contribution in [0.3, 0.4) is 0 Å². The van der Waals surface area contributed by atoms with E-state index < -0.39 is 5.92 Å². The van der Waals surface area contributed by atoms with Gasteiger partial charge < -0.3 is 4.98 Å². The van der Waals surface area contributed by atoms with Gasteiger partial charge in [0.15, 0.2) is 11.7 Å². The van der Waals surface area contributed by atoms with Gasteiger partial charge in [-0.2, -0.15) is 5.26 Å². The van der Waals surface area contributed by atoms with Crippen molar-refractivity contribution >= 4 is 28.3 Å². The minimum absolute atomic E-state index is 0.0985. The molecule has 1 fully saturated rings. The van der Waals surface area contributed by atoms with Crippen molar-refractivity contribution in [3.63, 3.8) is 0 Å². The van der Waals surface area contributed by atoms with Crippen LogP contribution in [0.15, 0.2) is 23.0 Å². The molecule has 3 rings (SSSR count). The van der Waals surface area contributed by atoms with Crippen molar-refractivity contribution in [2.75, 3.05) is 0 Å². The van der Waals surface area contributed by atoms with Crippen LogP contribution in [-0.4, -0.2) is 15.8 Å². The largest absolute Gasteiger partial charge is 0.308 e. The molecule has 1 N–H and O–H groups in total. The first-order valence-corrected chi connectivity index (χ1v) is 7.02. The molecule has 0 unspecified atom stereocenters. The topological polar surface area (TPSA) is 86.6 Å². The summed E-state index contributed by atoms with van der Waals surface area (Å²) >= 11 is 5.89. The Bertz CT molecular complexity index is 837. The van der Waals surface area contributed by atoms with E-state index in [2.05, 4.69) is 9.97 Å². The minimum atomic E-state index is -1.03. The number of ketones is 1. The van der Waals surface area contributed by atoms with Gasteiger partial charge >= 0.3 is 0 Å². The van der Waals surface area contributed by atoms with E-state index in [4.69, 9.17) is 11.6 Å². The zero-order chi connectivity index (χ0) is 15.1. The quantitative estimate of drug-likeness (QED) is 0.943. The SMILES string of the molecule is C[C@@H]1C[C@@H]1C(=O)[C@@H](C#N)c1nc2cc(Cl)ccc2c(=O)[nH]1. The van der Waals surface area contributed by atoms with Crippen LogP contribution < -0.4 is 5.56 Å². The lowest BCUT2D eigenvalue weighted by atomic mass is 10.00. The normalized spacial score (nSPS) is 21.8. The van der Waals surface area contributed by atoms with Crippen LogP contribution >= 0.6 is 11.6 Å². The molecule has 1 aliphatic rings. The highest BCUT2D eigenvalue weighted by Crippen LogP contribution is 2.41. The molecule has 1 aliphatic carbocycles. The summed E-state index contributed by atoms with van der Waals surface area (Å²) in [6, 6.07) is 6.67. The Morgan fingerprint density at radius 2 is 2.29 bits per heavy atom. The van der Waals surface area contributed by atoms with Gasteiger partial charge in [-0.3, -0.25) is 9.59 Å². The second kappa shape index (κ2) is 4.97. The average molecular weight is 302 g/mol. The summed E-state index contributed by atoms with van der Waals surface area (Å²) in [5.74, 6) is -0.906. The molecule has 6 heteroatoms. The number of halogens is 1. The number of hydrogen-bond acceptors (Lipinski definition) is 4. The molecule has 106 valence electrons. The predicted octanol–water partition coefficient (Wildman–Crippen LogP) is 2.41. The van der Waals surface area contributed by atoms with Gasteiger partial charge in [0.2, 0.25) is 0 Å². The highest BCUT2D eigenvalue weighted by atomic mass is 35.5. The number of Topliss-reactive ketones (excluding diaryl/α,β-unsaturated/α-hetero) is 1. The Hall–Kier alpha value is -2.19. The number of hydrogen-bond donors (Lipinski definition) is 1. The summed E-state index contributed by atoms with van der Waals surface area (Å²) in [6.07, 6.45) is 0.792. The Kier molecular flexibility index (Phi) is 3.26. The molecule has 3 atom stereocenters. The van der Waals surface area contributed by atoms with Crippen LogP contribution in [0.2, 0.25) is 5.02 Å². The highest BCUT2D eigenvalue weighted by molar-refractivity contribution is 6.31. The molecule has 0 aliphatic heterocycles. The van der Waals surface area contributed by atoms with Gasteiger partial charge in [0.25, 0.3) is 5.56 Å². The predicted molar refractivity (Wildman–Crippen MR) is 78.0 cm³/mol.